The Balaban J connectivity index is 1.35. The Morgan fingerprint density at radius 3 is 2.40 bits per heavy atom. The Labute approximate surface area is 207 Å². The molecule has 3 aliphatic rings. The highest BCUT2D eigenvalue weighted by Crippen LogP contribution is 2.50. The monoisotopic (exact) mass is 481 g/mol. The normalized spacial score (nSPS) is 22.2. The number of carbonyl (C=O) groups is 1. The Kier molecular flexibility index (Phi) is 5.94. The first-order valence-electron chi connectivity index (χ1n) is 12.9. The van der Waals surface area contributed by atoms with Crippen LogP contribution < -0.4 is 16.0 Å². The first-order valence-corrected chi connectivity index (χ1v) is 12.9. The molecule has 0 saturated heterocycles. The van der Waals surface area contributed by atoms with Crippen LogP contribution in [-0.2, 0) is 29.5 Å². The summed E-state index contributed by atoms with van der Waals surface area (Å²) in [4.78, 5) is 15.9. The molecule has 1 heterocycles. The van der Waals surface area contributed by atoms with Crippen LogP contribution in [0.3, 0.4) is 0 Å². The molecule has 0 spiro atoms. The molecule has 0 aromatic heterocycles. The number of alkyl halides is 2. The lowest BCUT2D eigenvalue weighted by Crippen LogP contribution is -2.44. The number of hydrogen-bond donors (Lipinski definition) is 2. The maximum absolute atomic E-state index is 13.9. The van der Waals surface area contributed by atoms with Crippen LogP contribution >= 0.6 is 0 Å². The standard InChI is InChI=1S/C29H37F2N3O/c1-27(2,3)25-18-21-17-23(6-7-24(21)34(25)15-14-32)33-26(35)28(12-13-28)22-5-4-19-8-10-29(30,31)11-9-20(19)16-22/h4-7,16-17,25H,8-15,18,32H2,1-3H3,(H,33,35). The van der Waals surface area contributed by atoms with Gasteiger partial charge in [-0.15, -0.1) is 0 Å². The van der Waals surface area contributed by atoms with Crippen molar-refractivity contribution in [2.75, 3.05) is 23.3 Å². The van der Waals surface area contributed by atoms with Crippen LogP contribution in [0.1, 0.15) is 68.7 Å². The number of hydrogen-bond acceptors (Lipinski definition) is 3. The van der Waals surface area contributed by atoms with Crippen LogP contribution in [0.2, 0.25) is 0 Å². The van der Waals surface area contributed by atoms with Crippen molar-refractivity contribution in [1.82, 2.24) is 0 Å². The molecule has 1 fully saturated rings. The average molecular weight is 482 g/mol. The summed E-state index contributed by atoms with van der Waals surface area (Å²) in [7, 11) is 0. The molecule has 1 saturated carbocycles. The van der Waals surface area contributed by atoms with Gasteiger partial charge >= 0.3 is 0 Å². The van der Waals surface area contributed by atoms with Crippen molar-refractivity contribution in [2.24, 2.45) is 11.1 Å². The predicted octanol–water partition coefficient (Wildman–Crippen LogP) is 5.61. The van der Waals surface area contributed by atoms with Gasteiger partial charge in [-0.05, 0) is 78.0 Å². The van der Waals surface area contributed by atoms with Crippen LogP contribution in [0, 0.1) is 5.41 Å². The van der Waals surface area contributed by atoms with Crippen molar-refractivity contribution in [3.8, 4) is 0 Å². The zero-order chi connectivity index (χ0) is 25.0. The van der Waals surface area contributed by atoms with E-state index in [0.717, 1.165) is 48.2 Å². The molecular formula is C29H37F2N3O. The molecule has 4 nitrogen and oxygen atoms in total. The highest BCUT2D eigenvalue weighted by Gasteiger charge is 2.51. The second-order valence-corrected chi connectivity index (χ2v) is 11.8. The predicted molar refractivity (Wildman–Crippen MR) is 137 cm³/mol. The summed E-state index contributed by atoms with van der Waals surface area (Å²) < 4.78 is 27.8. The fourth-order valence-corrected chi connectivity index (χ4v) is 5.97. The molecule has 1 unspecified atom stereocenters. The zero-order valence-electron chi connectivity index (χ0n) is 21.1. The number of nitrogens with zero attached hydrogens (tertiary/aromatic N) is 1. The van der Waals surface area contributed by atoms with E-state index >= 15 is 0 Å². The molecule has 1 atom stereocenters. The van der Waals surface area contributed by atoms with Gasteiger partial charge in [-0.3, -0.25) is 4.79 Å². The van der Waals surface area contributed by atoms with Gasteiger partial charge < -0.3 is 16.0 Å². The van der Waals surface area contributed by atoms with E-state index in [9.17, 15) is 13.6 Å². The molecule has 35 heavy (non-hydrogen) atoms. The van der Waals surface area contributed by atoms with Crippen molar-refractivity contribution in [3.63, 3.8) is 0 Å². The highest BCUT2D eigenvalue weighted by molar-refractivity contribution is 6.01. The third-order valence-corrected chi connectivity index (χ3v) is 8.27. The number of fused-ring (bicyclic) bond motifs is 2. The summed E-state index contributed by atoms with van der Waals surface area (Å²) >= 11 is 0. The number of nitrogens with two attached hydrogens (primary N) is 1. The first kappa shape index (κ1) is 24.2. The van der Waals surface area contributed by atoms with Gasteiger partial charge in [0.1, 0.15) is 0 Å². The lowest BCUT2D eigenvalue weighted by Gasteiger charge is -2.36. The van der Waals surface area contributed by atoms with E-state index in [2.05, 4.69) is 43.1 Å². The van der Waals surface area contributed by atoms with Crippen molar-refractivity contribution in [2.45, 2.75) is 83.1 Å². The summed E-state index contributed by atoms with van der Waals surface area (Å²) in [6, 6.07) is 12.5. The van der Waals surface area contributed by atoms with E-state index in [0.29, 0.717) is 25.4 Å². The molecule has 5 rings (SSSR count). The Bertz CT molecular complexity index is 1130. The summed E-state index contributed by atoms with van der Waals surface area (Å²) in [6.45, 7) is 8.19. The van der Waals surface area contributed by atoms with Gasteiger partial charge in [0.05, 0.1) is 5.41 Å². The molecule has 6 heteroatoms. The van der Waals surface area contributed by atoms with E-state index in [-0.39, 0.29) is 24.2 Å². The molecule has 188 valence electrons. The lowest BCUT2D eigenvalue weighted by molar-refractivity contribution is -0.118. The molecular weight excluding hydrogens is 444 g/mol. The van der Waals surface area contributed by atoms with E-state index in [4.69, 9.17) is 5.73 Å². The largest absolute Gasteiger partial charge is 0.366 e. The van der Waals surface area contributed by atoms with Gasteiger partial charge in [-0.1, -0.05) is 39.0 Å². The van der Waals surface area contributed by atoms with Crippen molar-refractivity contribution in [3.05, 3.63) is 58.7 Å². The van der Waals surface area contributed by atoms with Crippen LogP contribution in [0.25, 0.3) is 0 Å². The van der Waals surface area contributed by atoms with Crippen LogP contribution in [-0.4, -0.2) is 31.0 Å². The van der Waals surface area contributed by atoms with E-state index in [1.165, 1.54) is 11.3 Å². The summed E-state index contributed by atoms with van der Waals surface area (Å²) in [5.74, 6) is -2.60. The molecule has 1 aliphatic heterocycles. The van der Waals surface area contributed by atoms with Crippen LogP contribution in [0.5, 0.6) is 0 Å². The maximum atomic E-state index is 13.9. The Morgan fingerprint density at radius 2 is 1.74 bits per heavy atom. The van der Waals surface area contributed by atoms with E-state index < -0.39 is 11.3 Å². The number of halogens is 2. The van der Waals surface area contributed by atoms with Crippen molar-refractivity contribution in [1.29, 1.82) is 0 Å². The van der Waals surface area contributed by atoms with Crippen LogP contribution in [0.15, 0.2) is 36.4 Å². The minimum Gasteiger partial charge on any atom is -0.366 e. The number of benzene rings is 2. The molecule has 0 radical (unpaired) electrons. The fraction of sp³-hybridized carbons (Fsp3) is 0.552. The third kappa shape index (κ3) is 4.57. The van der Waals surface area contributed by atoms with Crippen molar-refractivity contribution >= 4 is 17.3 Å². The topological polar surface area (TPSA) is 58.4 Å². The minimum atomic E-state index is -2.60. The summed E-state index contributed by atoms with van der Waals surface area (Å²) in [6.07, 6.45) is 3.06. The summed E-state index contributed by atoms with van der Waals surface area (Å²) in [5, 5.41) is 3.18. The molecule has 2 aliphatic carbocycles. The number of rotatable bonds is 5. The molecule has 1 amide bonds. The molecule has 3 N–H and O–H groups in total. The van der Waals surface area contributed by atoms with E-state index in [1.54, 1.807) is 0 Å². The van der Waals surface area contributed by atoms with Crippen LogP contribution in [0.4, 0.5) is 20.2 Å². The minimum absolute atomic E-state index is 0.000495. The van der Waals surface area contributed by atoms with Gasteiger partial charge in [-0.2, -0.15) is 0 Å². The summed E-state index contributed by atoms with van der Waals surface area (Å²) in [5.41, 5.74) is 11.7. The quantitative estimate of drug-likeness (QED) is 0.546. The number of carbonyl (C=O) groups excluding carboxylic acids is 1. The fourth-order valence-electron chi connectivity index (χ4n) is 5.97. The van der Waals surface area contributed by atoms with Gasteiger partial charge in [0, 0.05) is 43.3 Å². The number of anilines is 2. The Hall–Kier alpha value is -2.47. The van der Waals surface area contributed by atoms with E-state index in [1.807, 2.05) is 24.3 Å². The molecule has 2 aromatic carbocycles. The lowest BCUT2D eigenvalue weighted by atomic mass is 9.84. The zero-order valence-corrected chi connectivity index (χ0v) is 21.1. The van der Waals surface area contributed by atoms with Gasteiger partial charge in [0.25, 0.3) is 0 Å². The van der Waals surface area contributed by atoms with Gasteiger partial charge in [-0.25, -0.2) is 8.78 Å². The first-order chi connectivity index (χ1) is 16.5. The SMILES string of the molecule is CC(C)(C)C1Cc2cc(NC(=O)C3(c4ccc5c(c4)CCC(F)(F)CC5)CC3)ccc2N1CCN. The van der Waals surface area contributed by atoms with Gasteiger partial charge in [0.15, 0.2) is 0 Å². The Morgan fingerprint density at radius 1 is 1.03 bits per heavy atom. The molecule has 0 bridgehead atoms. The van der Waals surface area contributed by atoms with Crippen molar-refractivity contribution < 1.29 is 13.6 Å². The highest BCUT2D eigenvalue weighted by atomic mass is 19.3. The average Bonchev–Trinajstić information content (AvgIpc) is 3.55. The third-order valence-electron chi connectivity index (χ3n) is 8.27. The number of nitrogens with one attached hydrogen (secondary N) is 1. The maximum Gasteiger partial charge on any atom is 0.248 e. The second-order valence-electron chi connectivity index (χ2n) is 11.8. The molecule has 2 aromatic rings. The van der Waals surface area contributed by atoms with Gasteiger partial charge in [0.2, 0.25) is 11.8 Å². The second kappa shape index (κ2) is 8.58. The number of amides is 1. The smallest absolute Gasteiger partial charge is 0.248 e. The number of aryl methyl sites for hydroxylation is 2.